The van der Waals surface area contributed by atoms with Gasteiger partial charge in [0.15, 0.2) is 0 Å². The van der Waals surface area contributed by atoms with Gasteiger partial charge in [-0.15, -0.1) is 0 Å². The number of rotatable bonds is 11. The fourth-order valence-corrected chi connectivity index (χ4v) is 5.81. The van der Waals surface area contributed by atoms with Crippen molar-refractivity contribution in [3.8, 4) is 0 Å². The fraction of sp³-hybridized carbons (Fsp3) is 0.259. The average molecular weight is 581 g/mol. The van der Waals surface area contributed by atoms with Crippen LogP contribution in [0.15, 0.2) is 77.7 Å². The molecule has 38 heavy (non-hydrogen) atoms. The number of nitrogens with zero attached hydrogens (tertiary/aromatic N) is 2. The lowest BCUT2D eigenvalue weighted by Crippen LogP contribution is -2.52. The number of sulfonamides is 1. The smallest absolute Gasteiger partial charge is 0.264 e. The first-order valence-electron chi connectivity index (χ1n) is 11.9. The molecule has 0 heterocycles. The van der Waals surface area contributed by atoms with E-state index in [1.54, 1.807) is 32.0 Å². The molecule has 1 N–H and O–H groups in total. The highest BCUT2D eigenvalue weighted by Crippen LogP contribution is 2.35. The van der Waals surface area contributed by atoms with Crippen LogP contribution in [0.2, 0.25) is 10.0 Å². The van der Waals surface area contributed by atoms with E-state index >= 15 is 0 Å². The van der Waals surface area contributed by atoms with Gasteiger partial charge >= 0.3 is 0 Å². The van der Waals surface area contributed by atoms with Crippen molar-refractivity contribution < 1.29 is 22.4 Å². The zero-order valence-electron chi connectivity index (χ0n) is 20.9. The predicted molar refractivity (Wildman–Crippen MR) is 147 cm³/mol. The lowest BCUT2D eigenvalue weighted by atomic mass is 10.1. The molecule has 3 aromatic carbocycles. The molecule has 3 rings (SSSR count). The summed E-state index contributed by atoms with van der Waals surface area (Å²) in [7, 11) is -4.27. The summed E-state index contributed by atoms with van der Waals surface area (Å²) in [6.07, 6.45) is 0.266. The van der Waals surface area contributed by atoms with Crippen molar-refractivity contribution in [2.45, 2.75) is 37.8 Å². The van der Waals surface area contributed by atoms with Gasteiger partial charge in [0.05, 0.1) is 20.6 Å². The van der Waals surface area contributed by atoms with Crippen LogP contribution in [-0.2, 0) is 26.2 Å². The maximum absolute atomic E-state index is 13.9. The Balaban J connectivity index is 2.09. The summed E-state index contributed by atoms with van der Waals surface area (Å²) in [6.45, 7) is 3.15. The molecule has 0 aliphatic rings. The van der Waals surface area contributed by atoms with E-state index in [0.717, 1.165) is 4.31 Å². The number of anilines is 1. The minimum atomic E-state index is -4.27. The highest BCUT2D eigenvalue weighted by molar-refractivity contribution is 7.92. The molecule has 0 aromatic heterocycles. The Labute approximate surface area is 232 Å². The van der Waals surface area contributed by atoms with E-state index in [-0.39, 0.29) is 39.5 Å². The first-order chi connectivity index (χ1) is 18.1. The minimum Gasteiger partial charge on any atom is -0.355 e. The van der Waals surface area contributed by atoms with E-state index < -0.39 is 34.3 Å². The van der Waals surface area contributed by atoms with Crippen molar-refractivity contribution in [2.24, 2.45) is 0 Å². The third kappa shape index (κ3) is 6.83. The van der Waals surface area contributed by atoms with Gasteiger partial charge in [-0.25, -0.2) is 12.8 Å². The van der Waals surface area contributed by atoms with Crippen LogP contribution < -0.4 is 9.62 Å². The molecule has 202 valence electrons. The van der Waals surface area contributed by atoms with Crippen molar-refractivity contribution in [3.05, 3.63) is 94.2 Å². The lowest BCUT2D eigenvalue weighted by molar-refractivity contribution is -0.140. The largest absolute Gasteiger partial charge is 0.355 e. The second kappa shape index (κ2) is 13.1. The van der Waals surface area contributed by atoms with Gasteiger partial charge in [0.2, 0.25) is 11.8 Å². The molecule has 0 saturated heterocycles. The first-order valence-corrected chi connectivity index (χ1v) is 14.1. The maximum atomic E-state index is 13.9. The molecule has 0 aliphatic carbocycles. The van der Waals surface area contributed by atoms with Gasteiger partial charge in [0, 0.05) is 13.1 Å². The summed E-state index contributed by atoms with van der Waals surface area (Å²) in [4.78, 5) is 28.0. The summed E-state index contributed by atoms with van der Waals surface area (Å²) in [5.74, 6) is -1.48. The second-order valence-corrected chi connectivity index (χ2v) is 11.0. The van der Waals surface area contributed by atoms with Gasteiger partial charge in [0.1, 0.15) is 18.4 Å². The Bertz CT molecular complexity index is 1370. The van der Waals surface area contributed by atoms with Gasteiger partial charge < -0.3 is 10.2 Å². The van der Waals surface area contributed by atoms with Gasteiger partial charge in [-0.3, -0.25) is 13.9 Å². The maximum Gasteiger partial charge on any atom is 0.264 e. The monoisotopic (exact) mass is 579 g/mol. The Hall–Kier alpha value is -3.14. The molecule has 1 atom stereocenters. The van der Waals surface area contributed by atoms with Crippen molar-refractivity contribution in [1.82, 2.24) is 10.2 Å². The summed E-state index contributed by atoms with van der Waals surface area (Å²) in [5.41, 5.74) is 0.588. The van der Waals surface area contributed by atoms with E-state index in [0.29, 0.717) is 12.1 Å². The Kier molecular flexibility index (Phi) is 10.1. The fourth-order valence-electron chi connectivity index (χ4n) is 3.92. The molecule has 1 unspecified atom stereocenters. The normalized spacial score (nSPS) is 12.0. The quantitative estimate of drug-likeness (QED) is 0.335. The van der Waals surface area contributed by atoms with Gasteiger partial charge in [-0.1, -0.05) is 66.5 Å². The van der Waals surface area contributed by atoms with Crippen molar-refractivity contribution in [1.29, 1.82) is 0 Å². The average Bonchev–Trinajstić information content (AvgIpc) is 2.90. The molecule has 0 spiro atoms. The number of likely N-dealkylation sites (N-methyl/N-ethyl adjacent to an activating group) is 1. The number of amides is 2. The summed E-state index contributed by atoms with van der Waals surface area (Å²) in [5, 5.41) is 2.79. The van der Waals surface area contributed by atoms with E-state index in [1.807, 2.05) is 0 Å². The molecule has 3 aromatic rings. The van der Waals surface area contributed by atoms with Crippen LogP contribution in [0.5, 0.6) is 0 Å². The Morgan fingerprint density at radius 2 is 1.61 bits per heavy atom. The Morgan fingerprint density at radius 3 is 2.21 bits per heavy atom. The molecule has 0 radical (unpaired) electrons. The third-order valence-electron chi connectivity index (χ3n) is 5.81. The van der Waals surface area contributed by atoms with Crippen molar-refractivity contribution in [2.75, 3.05) is 17.4 Å². The molecular weight excluding hydrogens is 552 g/mol. The summed E-state index contributed by atoms with van der Waals surface area (Å²) >= 11 is 12.6. The molecule has 0 saturated carbocycles. The SMILES string of the molecule is CCNC(=O)C(CC)N(Cc1ccc(F)cc1)C(=O)CN(c1cccc(Cl)c1Cl)S(=O)(=O)c1ccccc1. The van der Waals surface area contributed by atoms with Crippen LogP contribution in [0.1, 0.15) is 25.8 Å². The minimum absolute atomic E-state index is 0.0177. The molecule has 11 heteroatoms. The molecule has 0 aliphatic heterocycles. The van der Waals surface area contributed by atoms with Crippen LogP contribution >= 0.6 is 23.2 Å². The van der Waals surface area contributed by atoms with Crippen LogP contribution in [-0.4, -0.2) is 44.3 Å². The molecule has 0 bridgehead atoms. The van der Waals surface area contributed by atoms with Crippen LogP contribution in [0, 0.1) is 5.82 Å². The predicted octanol–water partition coefficient (Wildman–Crippen LogP) is 5.27. The van der Waals surface area contributed by atoms with Crippen LogP contribution in [0.4, 0.5) is 10.1 Å². The number of halogens is 3. The third-order valence-corrected chi connectivity index (χ3v) is 8.40. The highest BCUT2D eigenvalue weighted by atomic mass is 35.5. The highest BCUT2D eigenvalue weighted by Gasteiger charge is 2.34. The number of carbonyl (C=O) groups is 2. The van der Waals surface area contributed by atoms with E-state index in [9.17, 15) is 22.4 Å². The second-order valence-electron chi connectivity index (χ2n) is 8.36. The lowest BCUT2D eigenvalue weighted by Gasteiger charge is -2.33. The van der Waals surface area contributed by atoms with E-state index in [4.69, 9.17) is 23.2 Å². The van der Waals surface area contributed by atoms with Crippen LogP contribution in [0.3, 0.4) is 0 Å². The number of nitrogens with one attached hydrogen (secondary N) is 1. The van der Waals surface area contributed by atoms with Gasteiger partial charge in [-0.05, 0) is 55.3 Å². The zero-order valence-corrected chi connectivity index (χ0v) is 23.2. The molecular formula is C27H28Cl2FN3O4S. The van der Waals surface area contributed by atoms with E-state index in [1.165, 1.54) is 59.5 Å². The van der Waals surface area contributed by atoms with Crippen molar-refractivity contribution >= 4 is 50.7 Å². The number of benzene rings is 3. The number of hydrogen-bond acceptors (Lipinski definition) is 4. The Morgan fingerprint density at radius 1 is 0.947 bits per heavy atom. The number of carbonyl (C=O) groups excluding carboxylic acids is 2. The number of hydrogen-bond donors (Lipinski definition) is 1. The summed E-state index contributed by atoms with van der Waals surface area (Å²) in [6, 6.07) is 16.7. The van der Waals surface area contributed by atoms with Gasteiger partial charge in [0.25, 0.3) is 10.0 Å². The summed E-state index contributed by atoms with van der Waals surface area (Å²) < 4.78 is 41.9. The zero-order chi connectivity index (χ0) is 27.9. The molecule has 2 amide bonds. The standard InChI is InChI=1S/C27H28Cl2FN3O4S/c1-3-23(27(35)31-4-2)32(17-19-13-15-20(30)16-14-19)25(34)18-33(24-12-8-11-22(28)26(24)29)38(36,37)21-9-6-5-7-10-21/h5-16,23H,3-4,17-18H2,1-2H3,(H,31,35). The topological polar surface area (TPSA) is 86.8 Å². The van der Waals surface area contributed by atoms with Gasteiger partial charge in [-0.2, -0.15) is 0 Å². The first kappa shape index (κ1) is 29.4. The molecule has 0 fully saturated rings. The van der Waals surface area contributed by atoms with Crippen LogP contribution in [0.25, 0.3) is 0 Å². The van der Waals surface area contributed by atoms with Crippen molar-refractivity contribution in [3.63, 3.8) is 0 Å². The molecule has 7 nitrogen and oxygen atoms in total. The van der Waals surface area contributed by atoms with E-state index in [2.05, 4.69) is 5.32 Å².